The van der Waals surface area contributed by atoms with Gasteiger partial charge < -0.3 is 21.3 Å². The van der Waals surface area contributed by atoms with Gasteiger partial charge in [0.25, 0.3) is 5.91 Å². The highest BCUT2D eigenvalue weighted by atomic mass is 32.1. The second kappa shape index (κ2) is 10.2. The molecule has 0 bridgehead atoms. The molecule has 1 aromatic carbocycles. The number of nitrogens with one attached hydrogen (secondary N) is 2. The fraction of sp³-hybridized carbons (Fsp3) is 0.304. The van der Waals surface area contributed by atoms with E-state index in [1.165, 1.54) is 25.1 Å². The molecule has 4 rings (SSSR count). The first-order valence-electron chi connectivity index (χ1n) is 10.8. The predicted molar refractivity (Wildman–Crippen MR) is 126 cm³/mol. The molecule has 1 fully saturated rings. The van der Waals surface area contributed by atoms with E-state index in [9.17, 15) is 18.4 Å². The molecule has 178 valence electrons. The number of nitrogens with two attached hydrogens (primary N) is 1. The fourth-order valence-corrected chi connectivity index (χ4v) is 4.63. The maximum atomic E-state index is 14.0. The topological polar surface area (TPSA) is 113 Å². The summed E-state index contributed by atoms with van der Waals surface area (Å²) in [4.78, 5) is 35.6. The molecule has 1 aliphatic heterocycles. The van der Waals surface area contributed by atoms with Gasteiger partial charge in [-0.1, -0.05) is 17.4 Å². The summed E-state index contributed by atoms with van der Waals surface area (Å²) < 4.78 is 28.0. The molecule has 1 aliphatic rings. The minimum absolute atomic E-state index is 0.0111. The average Bonchev–Trinajstić information content (AvgIpc) is 3.43. The van der Waals surface area contributed by atoms with Gasteiger partial charge in [0.1, 0.15) is 28.1 Å². The summed E-state index contributed by atoms with van der Waals surface area (Å²) in [5, 5.41) is 6.09. The molecule has 1 atom stereocenters. The lowest BCUT2D eigenvalue weighted by atomic mass is 10.1. The van der Waals surface area contributed by atoms with Gasteiger partial charge in [-0.25, -0.2) is 18.7 Å². The minimum atomic E-state index is -0.974. The van der Waals surface area contributed by atoms with Crippen molar-refractivity contribution in [1.29, 1.82) is 0 Å². The highest BCUT2D eigenvalue weighted by Crippen LogP contribution is 2.30. The summed E-state index contributed by atoms with van der Waals surface area (Å²) in [6, 6.07) is 6.40. The van der Waals surface area contributed by atoms with Gasteiger partial charge >= 0.3 is 0 Å². The third-order valence-corrected chi connectivity index (χ3v) is 6.40. The largest absolute Gasteiger partial charge is 0.382 e. The van der Waals surface area contributed by atoms with Gasteiger partial charge in [-0.3, -0.25) is 9.59 Å². The van der Waals surface area contributed by atoms with Crippen molar-refractivity contribution < 1.29 is 18.4 Å². The molecule has 34 heavy (non-hydrogen) atoms. The molecule has 0 aliphatic carbocycles. The van der Waals surface area contributed by atoms with Gasteiger partial charge in [0.2, 0.25) is 5.78 Å². The number of nitrogen functional groups attached to an aromatic ring is 1. The Morgan fingerprint density at radius 3 is 2.53 bits per heavy atom. The van der Waals surface area contributed by atoms with Gasteiger partial charge in [0.05, 0.1) is 11.1 Å². The summed E-state index contributed by atoms with van der Waals surface area (Å²) in [6.45, 7) is 4.90. The number of nitrogens with zero attached hydrogens (tertiary/aromatic N) is 3. The average molecular weight is 487 g/mol. The molecular weight excluding hydrogens is 462 g/mol. The Morgan fingerprint density at radius 2 is 1.88 bits per heavy atom. The van der Waals surface area contributed by atoms with Crippen LogP contribution in [0.5, 0.6) is 0 Å². The number of benzene rings is 1. The quantitative estimate of drug-likeness (QED) is 0.417. The van der Waals surface area contributed by atoms with Crippen LogP contribution >= 0.6 is 11.3 Å². The minimum Gasteiger partial charge on any atom is -0.382 e. The zero-order valence-electron chi connectivity index (χ0n) is 18.5. The molecule has 0 unspecified atom stereocenters. The maximum Gasteiger partial charge on any atom is 0.253 e. The number of aromatic nitrogens is 2. The fourth-order valence-electron chi connectivity index (χ4n) is 3.79. The van der Waals surface area contributed by atoms with E-state index in [-0.39, 0.29) is 27.8 Å². The van der Waals surface area contributed by atoms with Crippen LogP contribution in [-0.4, -0.2) is 52.2 Å². The number of halogens is 2. The summed E-state index contributed by atoms with van der Waals surface area (Å²) >= 11 is 0.855. The number of rotatable bonds is 8. The lowest BCUT2D eigenvalue weighted by Crippen LogP contribution is -2.41. The third kappa shape index (κ3) is 5.37. The molecule has 11 heteroatoms. The highest BCUT2D eigenvalue weighted by molar-refractivity contribution is 7.18. The van der Waals surface area contributed by atoms with E-state index in [1.807, 2.05) is 6.92 Å². The van der Waals surface area contributed by atoms with E-state index in [1.54, 1.807) is 12.1 Å². The zero-order chi connectivity index (χ0) is 24.2. The summed E-state index contributed by atoms with van der Waals surface area (Å²) in [6.07, 6.45) is 3.82. The number of carbonyl (C=O) groups excluding carboxylic acids is 2. The molecule has 0 saturated carbocycles. The normalized spacial score (nSPS) is 14.7. The highest BCUT2D eigenvalue weighted by Gasteiger charge is 2.24. The van der Waals surface area contributed by atoms with Crippen LogP contribution in [0.15, 0.2) is 36.5 Å². The smallest absolute Gasteiger partial charge is 0.253 e. The molecule has 8 nitrogen and oxygen atoms in total. The number of likely N-dealkylation sites (tertiary alicyclic amines) is 1. The van der Waals surface area contributed by atoms with Gasteiger partial charge in [-0.15, -0.1) is 0 Å². The summed E-state index contributed by atoms with van der Waals surface area (Å²) in [7, 11) is 0. The van der Waals surface area contributed by atoms with Crippen molar-refractivity contribution in [2.24, 2.45) is 0 Å². The van der Waals surface area contributed by atoms with E-state index in [0.29, 0.717) is 11.4 Å². The number of ketones is 1. The summed E-state index contributed by atoms with van der Waals surface area (Å²) in [5.41, 5.74) is 5.54. The zero-order valence-corrected chi connectivity index (χ0v) is 19.3. The molecule has 4 N–H and O–H groups in total. The van der Waals surface area contributed by atoms with Gasteiger partial charge in [-0.05, 0) is 57.1 Å². The van der Waals surface area contributed by atoms with Crippen LogP contribution in [0.1, 0.15) is 45.4 Å². The standard InChI is InChI=1S/C23H24F2N6O2S/c1-13(12-31-9-2-3-10-31)28-22(33)14-7-8-17(27-11-14)29-23-30-21(26)20(34-23)19(32)18-15(24)5-4-6-16(18)25/h4-8,11,13H,2-3,9-10,12,26H2,1H3,(H,28,33)(H,27,29,30)/t13-/m1/s1. The van der Waals surface area contributed by atoms with Crippen molar-refractivity contribution in [3.63, 3.8) is 0 Å². The molecule has 1 amide bonds. The van der Waals surface area contributed by atoms with E-state index < -0.39 is 23.0 Å². The van der Waals surface area contributed by atoms with E-state index in [0.717, 1.165) is 43.1 Å². The maximum absolute atomic E-state index is 14.0. The third-order valence-electron chi connectivity index (χ3n) is 5.42. The molecule has 0 radical (unpaired) electrons. The Kier molecular flexibility index (Phi) is 7.13. The van der Waals surface area contributed by atoms with Gasteiger partial charge in [0.15, 0.2) is 5.13 Å². The van der Waals surface area contributed by atoms with Crippen LogP contribution in [0.4, 0.5) is 25.5 Å². The van der Waals surface area contributed by atoms with Gasteiger partial charge in [-0.2, -0.15) is 0 Å². The second-order valence-corrected chi connectivity index (χ2v) is 9.10. The van der Waals surface area contributed by atoms with Crippen molar-refractivity contribution in [2.75, 3.05) is 30.7 Å². The molecular formula is C23H24F2N6O2S. The van der Waals surface area contributed by atoms with E-state index >= 15 is 0 Å². The number of carbonyl (C=O) groups is 2. The lowest BCUT2D eigenvalue weighted by molar-refractivity contribution is 0.0931. The van der Waals surface area contributed by atoms with Crippen molar-refractivity contribution >= 4 is 39.8 Å². The Balaban J connectivity index is 1.40. The van der Waals surface area contributed by atoms with Crippen molar-refractivity contribution in [2.45, 2.75) is 25.8 Å². The Hall–Kier alpha value is -3.44. The molecule has 3 heterocycles. The Bertz CT molecular complexity index is 1170. The van der Waals surface area contributed by atoms with Crippen molar-refractivity contribution in [3.05, 3.63) is 64.2 Å². The number of anilines is 3. The van der Waals surface area contributed by atoms with Crippen LogP contribution in [0.3, 0.4) is 0 Å². The lowest BCUT2D eigenvalue weighted by Gasteiger charge is -2.21. The number of hydrogen-bond donors (Lipinski definition) is 3. The monoisotopic (exact) mass is 486 g/mol. The van der Waals surface area contributed by atoms with E-state index in [4.69, 9.17) is 5.73 Å². The van der Waals surface area contributed by atoms with Crippen LogP contribution < -0.4 is 16.4 Å². The Labute approximate surface area is 199 Å². The number of amides is 1. The number of hydrogen-bond acceptors (Lipinski definition) is 8. The SMILES string of the molecule is C[C@H](CN1CCCC1)NC(=O)c1ccc(Nc2nc(N)c(C(=O)c3c(F)cccc3F)s2)nc1. The Morgan fingerprint density at radius 1 is 1.18 bits per heavy atom. The summed E-state index contributed by atoms with van der Waals surface area (Å²) in [5.74, 6) is -2.84. The van der Waals surface area contributed by atoms with Crippen LogP contribution in [-0.2, 0) is 0 Å². The molecule has 2 aromatic heterocycles. The van der Waals surface area contributed by atoms with Crippen molar-refractivity contribution in [1.82, 2.24) is 20.2 Å². The first kappa shape index (κ1) is 23.7. The molecule has 3 aromatic rings. The van der Waals surface area contributed by atoms with Gasteiger partial charge in [0, 0.05) is 18.8 Å². The van der Waals surface area contributed by atoms with Crippen LogP contribution in [0, 0.1) is 11.6 Å². The second-order valence-electron chi connectivity index (χ2n) is 8.10. The molecule has 0 spiro atoms. The van der Waals surface area contributed by atoms with Crippen molar-refractivity contribution in [3.8, 4) is 0 Å². The van der Waals surface area contributed by atoms with Crippen LogP contribution in [0.25, 0.3) is 0 Å². The van der Waals surface area contributed by atoms with Crippen LogP contribution in [0.2, 0.25) is 0 Å². The number of thiazole rings is 1. The number of pyridine rings is 1. The predicted octanol–water partition coefficient (Wildman–Crippen LogP) is 3.59. The first-order valence-corrected chi connectivity index (χ1v) is 11.6. The molecule has 1 saturated heterocycles. The van der Waals surface area contributed by atoms with E-state index in [2.05, 4.69) is 25.5 Å². The first-order chi connectivity index (χ1) is 16.3.